The fourth-order valence-corrected chi connectivity index (χ4v) is 2.48. The van der Waals surface area contributed by atoms with Crippen molar-refractivity contribution >= 4 is 5.82 Å². The molecular formula is C12H18FN3O. The average Bonchev–Trinajstić information content (AvgIpc) is 2.26. The standard InChI is InChI=1S/C12H18FN3O/c1-9-3-2-4-12(17,6-9)7-14-11-5-10(13)15-8-16-11/h5,8-9,17H,2-4,6-7H2,1H3,(H,14,15,16). The molecule has 0 radical (unpaired) electrons. The highest BCUT2D eigenvalue weighted by Crippen LogP contribution is 2.32. The fourth-order valence-electron chi connectivity index (χ4n) is 2.48. The highest BCUT2D eigenvalue weighted by molar-refractivity contribution is 5.32. The summed E-state index contributed by atoms with van der Waals surface area (Å²) in [5, 5.41) is 13.3. The van der Waals surface area contributed by atoms with Crippen LogP contribution in [0.1, 0.15) is 32.6 Å². The number of halogens is 1. The molecule has 0 bridgehead atoms. The van der Waals surface area contributed by atoms with Crippen LogP contribution in [-0.4, -0.2) is 27.2 Å². The zero-order valence-electron chi connectivity index (χ0n) is 9.99. The van der Waals surface area contributed by atoms with E-state index in [0.717, 1.165) is 19.3 Å². The average molecular weight is 239 g/mol. The van der Waals surface area contributed by atoms with Crippen LogP contribution >= 0.6 is 0 Å². The van der Waals surface area contributed by atoms with Crippen LogP contribution in [0.2, 0.25) is 0 Å². The molecule has 1 aromatic rings. The van der Waals surface area contributed by atoms with E-state index >= 15 is 0 Å². The number of nitrogens with one attached hydrogen (secondary N) is 1. The molecule has 1 fully saturated rings. The lowest BCUT2D eigenvalue weighted by molar-refractivity contribution is -0.000836. The third kappa shape index (κ3) is 3.36. The Kier molecular flexibility index (Phi) is 3.57. The molecular weight excluding hydrogens is 221 g/mol. The van der Waals surface area contributed by atoms with E-state index in [0.29, 0.717) is 18.3 Å². The Hall–Kier alpha value is -1.23. The first-order chi connectivity index (χ1) is 8.07. The van der Waals surface area contributed by atoms with E-state index < -0.39 is 11.5 Å². The number of hydrogen-bond acceptors (Lipinski definition) is 4. The van der Waals surface area contributed by atoms with Crippen LogP contribution in [0.5, 0.6) is 0 Å². The van der Waals surface area contributed by atoms with Crippen molar-refractivity contribution < 1.29 is 9.50 Å². The number of aromatic nitrogens is 2. The quantitative estimate of drug-likeness (QED) is 0.792. The molecule has 2 unspecified atom stereocenters. The molecule has 1 heterocycles. The van der Waals surface area contributed by atoms with Gasteiger partial charge in [0, 0.05) is 12.6 Å². The molecule has 1 aliphatic carbocycles. The summed E-state index contributed by atoms with van der Waals surface area (Å²) in [4.78, 5) is 7.28. The molecule has 1 saturated carbocycles. The number of anilines is 1. The van der Waals surface area contributed by atoms with Crippen molar-refractivity contribution in [3.8, 4) is 0 Å². The number of hydrogen-bond donors (Lipinski definition) is 2. The van der Waals surface area contributed by atoms with E-state index in [1.807, 2.05) is 0 Å². The van der Waals surface area contributed by atoms with E-state index in [4.69, 9.17) is 0 Å². The Bertz CT molecular complexity index is 388. The molecule has 2 rings (SSSR count). The lowest BCUT2D eigenvalue weighted by Gasteiger charge is -2.35. The monoisotopic (exact) mass is 239 g/mol. The van der Waals surface area contributed by atoms with Gasteiger partial charge in [0.25, 0.3) is 0 Å². The molecule has 1 aliphatic rings. The fraction of sp³-hybridized carbons (Fsp3) is 0.667. The van der Waals surface area contributed by atoms with Gasteiger partial charge in [0.1, 0.15) is 12.1 Å². The number of aliphatic hydroxyl groups is 1. The second-order valence-electron chi connectivity index (χ2n) is 5.01. The van der Waals surface area contributed by atoms with Gasteiger partial charge in [-0.05, 0) is 18.8 Å². The summed E-state index contributed by atoms with van der Waals surface area (Å²) in [6.45, 7) is 2.56. The summed E-state index contributed by atoms with van der Waals surface area (Å²) < 4.78 is 12.8. The maximum atomic E-state index is 12.8. The minimum Gasteiger partial charge on any atom is -0.388 e. The Balaban J connectivity index is 1.93. The van der Waals surface area contributed by atoms with Crippen LogP contribution in [0, 0.1) is 11.9 Å². The Labute approximate surface area is 100 Å². The van der Waals surface area contributed by atoms with Crippen LogP contribution < -0.4 is 5.32 Å². The zero-order chi connectivity index (χ0) is 12.3. The first-order valence-corrected chi connectivity index (χ1v) is 6.01. The second kappa shape index (κ2) is 4.96. The van der Waals surface area contributed by atoms with E-state index in [2.05, 4.69) is 22.2 Å². The summed E-state index contributed by atoms with van der Waals surface area (Å²) in [5.41, 5.74) is -0.695. The first kappa shape index (κ1) is 12.2. The van der Waals surface area contributed by atoms with Crippen LogP contribution in [-0.2, 0) is 0 Å². The summed E-state index contributed by atoms with van der Waals surface area (Å²) in [7, 11) is 0. The Morgan fingerprint density at radius 2 is 2.41 bits per heavy atom. The van der Waals surface area contributed by atoms with Gasteiger partial charge in [0.2, 0.25) is 5.95 Å². The molecule has 0 aromatic carbocycles. The summed E-state index contributed by atoms with van der Waals surface area (Å²) in [6, 6.07) is 1.23. The molecule has 0 amide bonds. The van der Waals surface area contributed by atoms with Gasteiger partial charge in [-0.25, -0.2) is 9.97 Å². The van der Waals surface area contributed by atoms with Crippen LogP contribution in [0.4, 0.5) is 10.2 Å². The third-order valence-corrected chi connectivity index (χ3v) is 3.30. The second-order valence-corrected chi connectivity index (χ2v) is 5.01. The van der Waals surface area contributed by atoms with Gasteiger partial charge in [-0.3, -0.25) is 0 Å². The lowest BCUT2D eigenvalue weighted by atomic mass is 9.79. The normalized spacial score (nSPS) is 29.0. The maximum Gasteiger partial charge on any atom is 0.217 e. The smallest absolute Gasteiger partial charge is 0.217 e. The minimum absolute atomic E-state index is 0.411. The van der Waals surface area contributed by atoms with E-state index in [1.54, 1.807) is 0 Å². The molecule has 2 atom stereocenters. The van der Waals surface area contributed by atoms with Crippen LogP contribution in [0.15, 0.2) is 12.4 Å². The van der Waals surface area contributed by atoms with Gasteiger partial charge in [-0.15, -0.1) is 0 Å². The Morgan fingerprint density at radius 3 is 3.12 bits per heavy atom. The van der Waals surface area contributed by atoms with Crippen molar-refractivity contribution in [2.75, 3.05) is 11.9 Å². The summed E-state index contributed by atoms with van der Waals surface area (Å²) >= 11 is 0. The molecule has 0 saturated heterocycles. The van der Waals surface area contributed by atoms with Crippen molar-refractivity contribution in [1.29, 1.82) is 0 Å². The highest BCUT2D eigenvalue weighted by atomic mass is 19.1. The number of rotatable bonds is 3. The molecule has 4 nitrogen and oxygen atoms in total. The van der Waals surface area contributed by atoms with Crippen LogP contribution in [0.25, 0.3) is 0 Å². The van der Waals surface area contributed by atoms with Gasteiger partial charge in [0.15, 0.2) is 0 Å². The summed E-state index contributed by atoms with van der Waals surface area (Å²) in [6.07, 6.45) is 4.96. The Morgan fingerprint density at radius 1 is 1.59 bits per heavy atom. The van der Waals surface area contributed by atoms with E-state index in [9.17, 15) is 9.50 Å². The van der Waals surface area contributed by atoms with Gasteiger partial charge in [-0.1, -0.05) is 19.8 Å². The molecule has 2 N–H and O–H groups in total. The van der Waals surface area contributed by atoms with Gasteiger partial charge < -0.3 is 10.4 Å². The SMILES string of the molecule is CC1CCCC(O)(CNc2cc(F)ncn2)C1. The highest BCUT2D eigenvalue weighted by Gasteiger charge is 2.32. The molecule has 1 aromatic heterocycles. The van der Waals surface area contributed by atoms with Crippen molar-refractivity contribution in [2.45, 2.75) is 38.2 Å². The van der Waals surface area contributed by atoms with Crippen molar-refractivity contribution in [2.24, 2.45) is 5.92 Å². The predicted molar refractivity (Wildman–Crippen MR) is 63.1 cm³/mol. The van der Waals surface area contributed by atoms with Crippen molar-refractivity contribution in [3.05, 3.63) is 18.3 Å². The number of nitrogens with zero attached hydrogens (tertiary/aromatic N) is 2. The first-order valence-electron chi connectivity index (χ1n) is 6.01. The van der Waals surface area contributed by atoms with Crippen molar-refractivity contribution in [3.63, 3.8) is 0 Å². The van der Waals surface area contributed by atoms with E-state index in [1.165, 1.54) is 18.8 Å². The largest absolute Gasteiger partial charge is 0.388 e. The zero-order valence-corrected chi connectivity index (χ0v) is 9.99. The molecule has 17 heavy (non-hydrogen) atoms. The maximum absolute atomic E-state index is 12.8. The van der Waals surface area contributed by atoms with Gasteiger partial charge in [0.05, 0.1) is 5.60 Å². The van der Waals surface area contributed by atoms with E-state index in [-0.39, 0.29) is 0 Å². The van der Waals surface area contributed by atoms with Crippen LogP contribution in [0.3, 0.4) is 0 Å². The lowest BCUT2D eigenvalue weighted by Crippen LogP contribution is -2.41. The predicted octanol–water partition coefficient (Wildman–Crippen LogP) is 1.97. The summed E-state index contributed by atoms with van der Waals surface area (Å²) in [5.74, 6) is 0.397. The molecule has 0 aliphatic heterocycles. The minimum atomic E-state index is -0.695. The molecule has 0 spiro atoms. The molecule has 5 heteroatoms. The topological polar surface area (TPSA) is 58.0 Å². The third-order valence-electron chi connectivity index (χ3n) is 3.30. The molecule has 94 valence electrons. The van der Waals surface area contributed by atoms with Crippen molar-refractivity contribution in [1.82, 2.24) is 9.97 Å². The van der Waals surface area contributed by atoms with Gasteiger partial charge in [-0.2, -0.15) is 4.39 Å². The van der Waals surface area contributed by atoms with Gasteiger partial charge >= 0.3 is 0 Å².